The fraction of sp³-hybridized carbons (Fsp3) is 0.300. The molecule has 1 aromatic heterocycles. The summed E-state index contributed by atoms with van der Waals surface area (Å²) in [5.74, 6) is 0. The molecule has 0 radical (unpaired) electrons. The first kappa shape index (κ1) is 11.7. The van der Waals surface area contributed by atoms with Crippen molar-refractivity contribution in [3.63, 3.8) is 0 Å². The van der Waals surface area contributed by atoms with Crippen LogP contribution in [-0.4, -0.2) is 29.0 Å². The highest BCUT2D eigenvalue weighted by molar-refractivity contribution is 7.18. The average molecular weight is 252 g/mol. The van der Waals surface area contributed by atoms with Crippen molar-refractivity contribution < 1.29 is 4.92 Å². The molecule has 6 nitrogen and oxygen atoms in total. The molecule has 0 aliphatic carbocycles. The van der Waals surface area contributed by atoms with Gasteiger partial charge in [-0.3, -0.25) is 10.1 Å². The number of aryl methyl sites for hydroxylation is 1. The van der Waals surface area contributed by atoms with E-state index in [1.807, 2.05) is 6.92 Å². The summed E-state index contributed by atoms with van der Waals surface area (Å²) in [4.78, 5) is 14.9. The summed E-state index contributed by atoms with van der Waals surface area (Å²) < 4.78 is 0.832. The molecule has 1 aromatic carbocycles. The molecule has 2 rings (SSSR count). The number of hydrogen-bond donors (Lipinski definition) is 1. The fourth-order valence-electron chi connectivity index (χ4n) is 1.56. The SMILES string of the molecule is Cc1nc2cc(NN(C)C)c([N+](=O)[O-])cc2s1. The highest BCUT2D eigenvalue weighted by Crippen LogP contribution is 2.32. The van der Waals surface area contributed by atoms with Gasteiger partial charge in [0.2, 0.25) is 0 Å². The van der Waals surface area contributed by atoms with Gasteiger partial charge in [0.15, 0.2) is 0 Å². The average Bonchev–Trinajstić information content (AvgIpc) is 2.54. The zero-order valence-corrected chi connectivity index (χ0v) is 10.5. The summed E-state index contributed by atoms with van der Waals surface area (Å²) in [6, 6.07) is 3.27. The maximum Gasteiger partial charge on any atom is 0.295 e. The highest BCUT2D eigenvalue weighted by atomic mass is 32.1. The van der Waals surface area contributed by atoms with Crippen LogP contribution in [0.3, 0.4) is 0 Å². The summed E-state index contributed by atoms with van der Waals surface area (Å²) in [6.45, 7) is 1.88. The lowest BCUT2D eigenvalue weighted by atomic mass is 10.2. The van der Waals surface area contributed by atoms with E-state index in [2.05, 4.69) is 10.4 Å². The van der Waals surface area contributed by atoms with Crippen LogP contribution in [0.1, 0.15) is 5.01 Å². The Balaban J connectivity index is 2.61. The van der Waals surface area contributed by atoms with Gasteiger partial charge in [-0.05, 0) is 13.0 Å². The highest BCUT2D eigenvalue weighted by Gasteiger charge is 2.17. The van der Waals surface area contributed by atoms with Crippen LogP contribution in [0.15, 0.2) is 12.1 Å². The fourth-order valence-corrected chi connectivity index (χ4v) is 2.40. The first-order valence-corrected chi connectivity index (χ1v) is 5.78. The molecule has 17 heavy (non-hydrogen) atoms. The molecule has 90 valence electrons. The van der Waals surface area contributed by atoms with Gasteiger partial charge in [-0.15, -0.1) is 11.3 Å². The van der Waals surface area contributed by atoms with Crippen molar-refractivity contribution in [3.8, 4) is 0 Å². The van der Waals surface area contributed by atoms with Gasteiger partial charge in [0.25, 0.3) is 5.69 Å². The van der Waals surface area contributed by atoms with Gasteiger partial charge in [-0.2, -0.15) is 0 Å². The Hall–Kier alpha value is -1.73. The van der Waals surface area contributed by atoms with Gasteiger partial charge in [0, 0.05) is 20.2 Å². The van der Waals surface area contributed by atoms with Gasteiger partial charge < -0.3 is 5.43 Å². The molecule has 0 amide bonds. The molecule has 2 aromatic rings. The van der Waals surface area contributed by atoms with Crippen LogP contribution in [0.2, 0.25) is 0 Å². The smallest absolute Gasteiger partial charge is 0.295 e. The van der Waals surface area contributed by atoms with Gasteiger partial charge in [-0.25, -0.2) is 9.99 Å². The molecule has 0 saturated heterocycles. The maximum atomic E-state index is 11.0. The zero-order chi connectivity index (χ0) is 12.6. The van der Waals surface area contributed by atoms with Crippen LogP contribution >= 0.6 is 11.3 Å². The number of benzene rings is 1. The Morgan fingerprint density at radius 1 is 1.47 bits per heavy atom. The van der Waals surface area contributed by atoms with Gasteiger partial charge in [-0.1, -0.05) is 0 Å². The quantitative estimate of drug-likeness (QED) is 0.671. The van der Waals surface area contributed by atoms with Crippen LogP contribution in [0.5, 0.6) is 0 Å². The molecule has 0 fully saturated rings. The van der Waals surface area contributed by atoms with E-state index in [9.17, 15) is 10.1 Å². The van der Waals surface area contributed by atoms with Crippen molar-refractivity contribution in [1.82, 2.24) is 9.99 Å². The molecule has 0 atom stereocenters. The Morgan fingerprint density at radius 3 is 2.76 bits per heavy atom. The minimum atomic E-state index is -0.389. The van der Waals surface area contributed by atoms with Crippen molar-refractivity contribution in [1.29, 1.82) is 0 Å². The number of rotatable bonds is 3. The molecular formula is C10H12N4O2S. The lowest BCUT2D eigenvalue weighted by Crippen LogP contribution is -2.20. The van der Waals surface area contributed by atoms with Crippen molar-refractivity contribution >= 4 is 32.9 Å². The maximum absolute atomic E-state index is 11.0. The molecule has 7 heteroatoms. The molecular weight excluding hydrogens is 240 g/mol. The van der Waals surface area contributed by atoms with Crippen molar-refractivity contribution in [2.45, 2.75) is 6.92 Å². The molecule has 1 heterocycles. The summed E-state index contributed by atoms with van der Waals surface area (Å²) in [7, 11) is 3.56. The van der Waals surface area contributed by atoms with Crippen molar-refractivity contribution in [3.05, 3.63) is 27.3 Å². The van der Waals surface area contributed by atoms with E-state index in [-0.39, 0.29) is 10.6 Å². The van der Waals surface area contributed by atoms with Crippen molar-refractivity contribution in [2.75, 3.05) is 19.5 Å². The molecule has 0 saturated carbocycles. The normalized spacial score (nSPS) is 11.1. The number of hydrogen-bond acceptors (Lipinski definition) is 6. The number of thiazole rings is 1. The van der Waals surface area contributed by atoms with E-state index >= 15 is 0 Å². The number of nitrogens with zero attached hydrogens (tertiary/aromatic N) is 3. The third-order valence-corrected chi connectivity index (χ3v) is 3.09. The van der Waals surface area contributed by atoms with Crippen LogP contribution in [0, 0.1) is 17.0 Å². The molecule has 0 spiro atoms. The van der Waals surface area contributed by atoms with Gasteiger partial charge in [0.1, 0.15) is 5.69 Å². The first-order chi connectivity index (χ1) is 7.97. The standard InChI is InChI=1S/C10H12N4O2S/c1-6-11-8-4-7(12-13(2)3)9(14(15)16)5-10(8)17-6/h4-5,12H,1-3H3. The zero-order valence-electron chi connectivity index (χ0n) is 9.72. The number of nitrogens with one attached hydrogen (secondary N) is 1. The number of nitro benzene ring substituents is 1. The van der Waals surface area contributed by atoms with Gasteiger partial charge >= 0.3 is 0 Å². The Kier molecular flexibility index (Phi) is 2.95. The van der Waals surface area contributed by atoms with Crippen LogP contribution < -0.4 is 5.43 Å². The predicted octanol–water partition coefficient (Wildman–Crippen LogP) is 2.40. The summed E-state index contributed by atoms with van der Waals surface area (Å²) in [6.07, 6.45) is 0. The molecule has 0 unspecified atom stereocenters. The van der Waals surface area contributed by atoms with E-state index in [4.69, 9.17) is 0 Å². The minimum absolute atomic E-state index is 0.0647. The largest absolute Gasteiger partial charge is 0.313 e. The number of fused-ring (bicyclic) bond motifs is 1. The van der Waals surface area contributed by atoms with Crippen LogP contribution in [0.25, 0.3) is 10.2 Å². The Labute approximate surface area is 102 Å². The Bertz CT molecular complexity index is 579. The Morgan fingerprint density at radius 2 is 2.18 bits per heavy atom. The lowest BCUT2D eigenvalue weighted by molar-refractivity contribution is -0.383. The number of anilines is 1. The number of nitro groups is 1. The van der Waals surface area contributed by atoms with E-state index in [0.29, 0.717) is 5.69 Å². The van der Waals surface area contributed by atoms with E-state index in [1.54, 1.807) is 31.2 Å². The van der Waals surface area contributed by atoms with E-state index in [1.165, 1.54) is 11.3 Å². The van der Waals surface area contributed by atoms with E-state index < -0.39 is 0 Å². The first-order valence-electron chi connectivity index (χ1n) is 4.97. The molecule has 0 aliphatic heterocycles. The summed E-state index contributed by atoms with van der Waals surface area (Å²) in [5.41, 5.74) is 4.21. The number of hydrazine groups is 1. The van der Waals surface area contributed by atoms with Crippen LogP contribution in [-0.2, 0) is 0 Å². The second kappa shape index (κ2) is 4.27. The topological polar surface area (TPSA) is 71.3 Å². The third-order valence-electron chi connectivity index (χ3n) is 2.15. The summed E-state index contributed by atoms with van der Waals surface area (Å²) in [5, 5.41) is 13.5. The number of aromatic nitrogens is 1. The third kappa shape index (κ3) is 2.34. The predicted molar refractivity (Wildman–Crippen MR) is 68.3 cm³/mol. The van der Waals surface area contributed by atoms with Crippen LogP contribution in [0.4, 0.5) is 11.4 Å². The van der Waals surface area contributed by atoms with Crippen molar-refractivity contribution in [2.24, 2.45) is 0 Å². The second-order valence-corrected chi connectivity index (χ2v) is 5.07. The lowest BCUT2D eigenvalue weighted by Gasteiger charge is -2.13. The minimum Gasteiger partial charge on any atom is -0.313 e. The van der Waals surface area contributed by atoms with Gasteiger partial charge in [0.05, 0.1) is 20.1 Å². The monoisotopic (exact) mass is 252 g/mol. The summed E-state index contributed by atoms with van der Waals surface area (Å²) >= 11 is 1.45. The molecule has 1 N–H and O–H groups in total. The molecule has 0 bridgehead atoms. The second-order valence-electron chi connectivity index (χ2n) is 3.83. The molecule has 0 aliphatic rings. The van der Waals surface area contributed by atoms with E-state index in [0.717, 1.165) is 15.2 Å².